The number of nitrogens with one attached hydrogen (secondary N) is 1. The Kier molecular flexibility index (Phi) is 7.02. The molecular weight excluding hydrogens is 398 g/mol. The van der Waals surface area contributed by atoms with Gasteiger partial charge in [-0.05, 0) is 69.0 Å². The highest BCUT2D eigenvalue weighted by Gasteiger charge is 2.31. The Bertz CT molecular complexity index is 950. The van der Waals surface area contributed by atoms with E-state index in [1.807, 2.05) is 50.2 Å². The number of rotatable bonds is 7. The van der Waals surface area contributed by atoms with Gasteiger partial charge in [-0.1, -0.05) is 24.6 Å². The third-order valence-corrected chi connectivity index (χ3v) is 6.65. The summed E-state index contributed by atoms with van der Waals surface area (Å²) >= 11 is 0. The summed E-state index contributed by atoms with van der Waals surface area (Å²) < 4.78 is 26.3. The van der Waals surface area contributed by atoms with Crippen LogP contribution in [0.5, 0.6) is 0 Å². The van der Waals surface area contributed by atoms with Crippen molar-refractivity contribution in [2.24, 2.45) is 0 Å². The second-order valence-corrected chi connectivity index (χ2v) is 9.76. The Morgan fingerprint density at radius 3 is 2.17 bits per heavy atom. The van der Waals surface area contributed by atoms with E-state index in [2.05, 4.69) is 10.2 Å². The molecule has 0 aromatic heterocycles. The van der Waals surface area contributed by atoms with Crippen LogP contribution in [-0.4, -0.2) is 39.7 Å². The van der Waals surface area contributed by atoms with Crippen LogP contribution in [0.15, 0.2) is 48.5 Å². The third-order valence-electron chi connectivity index (χ3n) is 5.47. The second kappa shape index (κ2) is 9.51. The number of aryl methyl sites for hydroxylation is 1. The average molecular weight is 430 g/mol. The molecule has 1 atom stereocenters. The molecule has 2 aromatic rings. The van der Waals surface area contributed by atoms with E-state index in [1.165, 1.54) is 23.6 Å². The van der Waals surface area contributed by atoms with Crippen LogP contribution in [0.1, 0.15) is 38.2 Å². The Morgan fingerprint density at radius 1 is 1.03 bits per heavy atom. The van der Waals surface area contributed by atoms with Gasteiger partial charge < -0.3 is 10.2 Å². The van der Waals surface area contributed by atoms with Gasteiger partial charge in [-0.25, -0.2) is 8.42 Å². The summed E-state index contributed by atoms with van der Waals surface area (Å²) in [6.07, 6.45) is 5.18. The first kappa shape index (κ1) is 22.2. The van der Waals surface area contributed by atoms with Gasteiger partial charge in [0.05, 0.1) is 11.9 Å². The molecule has 1 fully saturated rings. The molecule has 0 spiro atoms. The molecule has 0 unspecified atom stereocenters. The average Bonchev–Trinajstić information content (AvgIpc) is 2.73. The monoisotopic (exact) mass is 429 g/mol. The Labute approximate surface area is 179 Å². The van der Waals surface area contributed by atoms with E-state index in [-0.39, 0.29) is 5.91 Å². The Hall–Kier alpha value is -2.54. The van der Waals surface area contributed by atoms with Crippen LogP contribution in [0.25, 0.3) is 0 Å². The lowest BCUT2D eigenvalue weighted by Crippen LogP contribution is -2.47. The van der Waals surface area contributed by atoms with Crippen molar-refractivity contribution in [2.75, 3.05) is 33.9 Å². The number of hydrogen-bond acceptors (Lipinski definition) is 4. The van der Waals surface area contributed by atoms with Gasteiger partial charge >= 0.3 is 0 Å². The van der Waals surface area contributed by atoms with Crippen molar-refractivity contribution >= 4 is 33.0 Å². The summed E-state index contributed by atoms with van der Waals surface area (Å²) in [5.74, 6) is -0.339. The molecule has 1 aliphatic heterocycles. The van der Waals surface area contributed by atoms with E-state index < -0.39 is 16.1 Å². The smallest absolute Gasteiger partial charge is 0.248 e. The number of nitrogens with zero attached hydrogens (tertiary/aromatic N) is 2. The van der Waals surface area contributed by atoms with Crippen LogP contribution in [-0.2, 0) is 14.8 Å². The number of piperidine rings is 1. The van der Waals surface area contributed by atoms with Crippen molar-refractivity contribution in [3.05, 3.63) is 54.1 Å². The van der Waals surface area contributed by atoms with Crippen molar-refractivity contribution in [2.45, 2.75) is 45.6 Å². The number of hydrogen-bond donors (Lipinski definition) is 1. The minimum Gasteiger partial charge on any atom is -0.372 e. The zero-order valence-electron chi connectivity index (χ0n) is 18.0. The number of carbonyl (C=O) groups excluding carboxylic acids is 1. The highest BCUT2D eigenvalue weighted by molar-refractivity contribution is 7.92. The van der Waals surface area contributed by atoms with E-state index in [0.29, 0.717) is 17.8 Å². The predicted octanol–water partition coefficient (Wildman–Crippen LogP) is 4.17. The molecule has 0 saturated carbocycles. The Balaban J connectivity index is 1.77. The molecule has 0 aliphatic carbocycles. The summed E-state index contributed by atoms with van der Waals surface area (Å²) in [5.41, 5.74) is 3.33. The maximum Gasteiger partial charge on any atom is 0.248 e. The summed E-state index contributed by atoms with van der Waals surface area (Å²) in [4.78, 5) is 15.4. The summed E-state index contributed by atoms with van der Waals surface area (Å²) in [6.45, 7) is 5.87. The molecule has 1 aliphatic rings. The van der Waals surface area contributed by atoms with E-state index in [9.17, 15) is 13.2 Å². The zero-order chi connectivity index (χ0) is 21.7. The first-order valence-corrected chi connectivity index (χ1v) is 12.4. The molecule has 7 heteroatoms. The highest BCUT2D eigenvalue weighted by Crippen LogP contribution is 2.25. The van der Waals surface area contributed by atoms with Crippen LogP contribution in [0.2, 0.25) is 0 Å². The lowest BCUT2D eigenvalue weighted by atomic mass is 10.1. The van der Waals surface area contributed by atoms with Crippen LogP contribution in [0.4, 0.5) is 17.1 Å². The van der Waals surface area contributed by atoms with Gasteiger partial charge in [0.15, 0.2) is 0 Å². The van der Waals surface area contributed by atoms with Gasteiger partial charge in [0.2, 0.25) is 15.9 Å². The number of carbonyl (C=O) groups is 1. The quantitative estimate of drug-likeness (QED) is 0.717. The van der Waals surface area contributed by atoms with Gasteiger partial charge in [0, 0.05) is 24.5 Å². The minimum atomic E-state index is -3.63. The van der Waals surface area contributed by atoms with E-state index in [4.69, 9.17) is 0 Å². The molecule has 0 bridgehead atoms. The second-order valence-electron chi connectivity index (χ2n) is 7.90. The van der Waals surface area contributed by atoms with Crippen molar-refractivity contribution in [1.82, 2.24) is 0 Å². The van der Waals surface area contributed by atoms with Crippen molar-refractivity contribution in [3.8, 4) is 0 Å². The van der Waals surface area contributed by atoms with Gasteiger partial charge in [0.25, 0.3) is 0 Å². The van der Waals surface area contributed by atoms with E-state index in [0.717, 1.165) is 30.6 Å². The topological polar surface area (TPSA) is 69.7 Å². The first-order chi connectivity index (χ1) is 14.3. The molecule has 1 amide bonds. The Morgan fingerprint density at radius 2 is 1.63 bits per heavy atom. The molecule has 0 radical (unpaired) electrons. The summed E-state index contributed by atoms with van der Waals surface area (Å²) in [7, 11) is -3.63. The summed E-state index contributed by atoms with van der Waals surface area (Å²) in [5, 5.41) is 2.89. The number of benzene rings is 2. The molecular formula is C23H31N3O3S. The molecule has 6 nitrogen and oxygen atoms in total. The first-order valence-electron chi connectivity index (χ1n) is 10.5. The van der Waals surface area contributed by atoms with Crippen LogP contribution < -0.4 is 14.5 Å². The highest BCUT2D eigenvalue weighted by atomic mass is 32.2. The van der Waals surface area contributed by atoms with Gasteiger partial charge in [-0.2, -0.15) is 0 Å². The maximum atomic E-state index is 13.0. The lowest BCUT2D eigenvalue weighted by Gasteiger charge is -2.30. The van der Waals surface area contributed by atoms with Crippen molar-refractivity contribution in [1.29, 1.82) is 0 Å². The minimum absolute atomic E-state index is 0.339. The molecule has 30 heavy (non-hydrogen) atoms. The molecule has 162 valence electrons. The number of anilines is 3. The SMILES string of the molecule is CC[C@H](C(=O)Nc1ccc(N2CCCCC2)cc1)N(c1ccc(C)cc1)S(C)(=O)=O. The van der Waals surface area contributed by atoms with E-state index >= 15 is 0 Å². The number of sulfonamides is 1. The van der Waals surface area contributed by atoms with Gasteiger partial charge in [0.1, 0.15) is 6.04 Å². The molecule has 2 aromatic carbocycles. The molecule has 1 N–H and O–H groups in total. The predicted molar refractivity (Wildman–Crippen MR) is 124 cm³/mol. The molecule has 1 saturated heterocycles. The van der Waals surface area contributed by atoms with Gasteiger partial charge in [-0.15, -0.1) is 0 Å². The van der Waals surface area contributed by atoms with Crippen LogP contribution >= 0.6 is 0 Å². The molecule has 3 rings (SSSR count). The fourth-order valence-corrected chi connectivity index (χ4v) is 5.10. The van der Waals surface area contributed by atoms with Crippen LogP contribution in [0, 0.1) is 6.92 Å². The summed E-state index contributed by atoms with van der Waals surface area (Å²) in [6, 6.07) is 14.1. The van der Waals surface area contributed by atoms with Crippen LogP contribution in [0.3, 0.4) is 0 Å². The largest absolute Gasteiger partial charge is 0.372 e. The maximum absolute atomic E-state index is 13.0. The van der Waals surface area contributed by atoms with Crippen molar-refractivity contribution in [3.63, 3.8) is 0 Å². The third kappa shape index (κ3) is 5.33. The van der Waals surface area contributed by atoms with Gasteiger partial charge in [-0.3, -0.25) is 9.10 Å². The zero-order valence-corrected chi connectivity index (χ0v) is 18.8. The number of amides is 1. The fourth-order valence-electron chi connectivity index (χ4n) is 3.89. The fraction of sp³-hybridized carbons (Fsp3) is 0.435. The standard InChI is InChI=1S/C23H31N3O3S/c1-4-22(26(30(3,28)29)21-12-8-18(2)9-13-21)23(27)24-19-10-14-20(15-11-19)25-16-6-5-7-17-25/h8-15,22H,4-7,16-17H2,1-3H3,(H,24,27)/t22-/m1/s1. The normalized spacial score (nSPS) is 15.5. The van der Waals surface area contributed by atoms with Crippen molar-refractivity contribution < 1.29 is 13.2 Å². The molecule has 1 heterocycles. The lowest BCUT2D eigenvalue weighted by molar-refractivity contribution is -0.117. The van der Waals surface area contributed by atoms with E-state index in [1.54, 1.807) is 12.1 Å².